The van der Waals surface area contributed by atoms with Gasteiger partial charge in [0.2, 0.25) is 0 Å². The van der Waals surface area contributed by atoms with E-state index in [9.17, 15) is 0 Å². The van der Waals surface area contributed by atoms with Gasteiger partial charge >= 0.3 is 0 Å². The molecule has 0 bridgehead atoms. The van der Waals surface area contributed by atoms with Gasteiger partial charge in [0.1, 0.15) is 5.75 Å². The first kappa shape index (κ1) is 15.9. The van der Waals surface area contributed by atoms with Gasteiger partial charge in [0.25, 0.3) is 0 Å². The molecule has 4 nitrogen and oxygen atoms in total. The highest BCUT2D eigenvalue weighted by Crippen LogP contribution is 2.28. The molecule has 5 heteroatoms. The number of nitrogens with zero attached hydrogens (tertiary/aromatic N) is 1. The van der Waals surface area contributed by atoms with Gasteiger partial charge in [-0.2, -0.15) is 0 Å². The molecule has 1 aromatic heterocycles. The maximum absolute atomic E-state index is 8.73. The summed E-state index contributed by atoms with van der Waals surface area (Å²) in [6, 6.07) is 8.02. The van der Waals surface area contributed by atoms with E-state index in [1.807, 2.05) is 24.3 Å². The van der Waals surface area contributed by atoms with Gasteiger partial charge < -0.3 is 15.2 Å². The zero-order chi connectivity index (χ0) is 15.1. The SMILES string of the molecule is COc1ccc(-c2nc(CCNCCCO)sc2C)cc1. The van der Waals surface area contributed by atoms with Crippen LogP contribution in [0.25, 0.3) is 11.3 Å². The Balaban J connectivity index is 1.97. The highest BCUT2D eigenvalue weighted by atomic mass is 32.1. The van der Waals surface area contributed by atoms with E-state index in [2.05, 4.69) is 12.2 Å². The highest BCUT2D eigenvalue weighted by molar-refractivity contribution is 7.12. The smallest absolute Gasteiger partial charge is 0.118 e. The molecule has 0 saturated heterocycles. The predicted molar refractivity (Wildman–Crippen MR) is 87.1 cm³/mol. The molecule has 0 radical (unpaired) electrons. The van der Waals surface area contributed by atoms with Gasteiger partial charge in [0.15, 0.2) is 0 Å². The average Bonchev–Trinajstić information content (AvgIpc) is 2.88. The van der Waals surface area contributed by atoms with Crippen LogP contribution >= 0.6 is 11.3 Å². The van der Waals surface area contributed by atoms with Gasteiger partial charge in [-0.05, 0) is 44.2 Å². The summed E-state index contributed by atoms with van der Waals surface area (Å²) in [6.45, 7) is 4.10. The second-order valence-electron chi connectivity index (χ2n) is 4.82. The predicted octanol–water partition coefficient (Wildman–Crippen LogP) is 2.64. The third-order valence-electron chi connectivity index (χ3n) is 3.23. The average molecular weight is 306 g/mol. The summed E-state index contributed by atoms with van der Waals surface area (Å²) in [5.74, 6) is 0.861. The van der Waals surface area contributed by atoms with Crippen LogP contribution in [0.3, 0.4) is 0 Å². The number of hydrogen-bond acceptors (Lipinski definition) is 5. The Kier molecular flexibility index (Phi) is 6.17. The van der Waals surface area contributed by atoms with Crippen molar-refractivity contribution in [2.45, 2.75) is 19.8 Å². The minimum Gasteiger partial charge on any atom is -0.497 e. The molecule has 114 valence electrons. The Hall–Kier alpha value is -1.43. The first-order valence-electron chi connectivity index (χ1n) is 7.17. The van der Waals surface area contributed by atoms with Crippen molar-refractivity contribution in [2.75, 3.05) is 26.8 Å². The fourth-order valence-electron chi connectivity index (χ4n) is 2.10. The lowest BCUT2D eigenvalue weighted by Crippen LogP contribution is -2.19. The van der Waals surface area contributed by atoms with Crippen LogP contribution in [0, 0.1) is 6.92 Å². The maximum atomic E-state index is 8.73. The van der Waals surface area contributed by atoms with E-state index >= 15 is 0 Å². The molecule has 0 saturated carbocycles. The lowest BCUT2D eigenvalue weighted by Gasteiger charge is -2.02. The van der Waals surface area contributed by atoms with Gasteiger partial charge in [-0.3, -0.25) is 0 Å². The van der Waals surface area contributed by atoms with E-state index in [0.29, 0.717) is 0 Å². The number of methoxy groups -OCH3 is 1. The van der Waals surface area contributed by atoms with E-state index < -0.39 is 0 Å². The van der Waals surface area contributed by atoms with Crippen LogP contribution in [-0.2, 0) is 6.42 Å². The molecule has 21 heavy (non-hydrogen) atoms. The quantitative estimate of drug-likeness (QED) is 0.736. The Morgan fingerprint density at radius 3 is 2.67 bits per heavy atom. The number of aliphatic hydroxyl groups is 1. The van der Waals surface area contributed by atoms with Gasteiger partial charge in [-0.25, -0.2) is 4.98 Å². The summed E-state index contributed by atoms with van der Waals surface area (Å²) < 4.78 is 5.18. The summed E-state index contributed by atoms with van der Waals surface area (Å²) in [7, 11) is 1.67. The van der Waals surface area contributed by atoms with Crippen molar-refractivity contribution >= 4 is 11.3 Å². The number of aryl methyl sites for hydroxylation is 1. The maximum Gasteiger partial charge on any atom is 0.118 e. The minimum atomic E-state index is 0.241. The van der Waals surface area contributed by atoms with E-state index in [1.54, 1.807) is 18.4 Å². The molecule has 1 aromatic carbocycles. The standard InChI is InChI=1S/C16H22N2O2S/c1-12-16(13-4-6-14(20-2)7-5-13)18-15(21-12)8-10-17-9-3-11-19/h4-7,17,19H,3,8-11H2,1-2H3. The Labute approximate surface area is 129 Å². The second-order valence-corrected chi connectivity index (χ2v) is 6.11. The van der Waals surface area contributed by atoms with Crippen LogP contribution < -0.4 is 10.1 Å². The topological polar surface area (TPSA) is 54.4 Å². The van der Waals surface area contributed by atoms with Crippen molar-refractivity contribution in [1.82, 2.24) is 10.3 Å². The summed E-state index contributed by atoms with van der Waals surface area (Å²) >= 11 is 1.75. The molecule has 0 unspecified atom stereocenters. The summed E-state index contributed by atoms with van der Waals surface area (Å²) in [4.78, 5) is 5.98. The van der Waals surface area contributed by atoms with Gasteiger partial charge in [-0.1, -0.05) is 0 Å². The second kappa shape index (κ2) is 8.12. The van der Waals surface area contributed by atoms with E-state index in [-0.39, 0.29) is 6.61 Å². The number of nitrogens with one attached hydrogen (secondary N) is 1. The van der Waals surface area contributed by atoms with Crippen molar-refractivity contribution in [1.29, 1.82) is 0 Å². The monoisotopic (exact) mass is 306 g/mol. The number of benzene rings is 1. The Bertz CT molecular complexity index is 552. The first-order valence-corrected chi connectivity index (χ1v) is 7.98. The number of rotatable bonds is 8. The van der Waals surface area contributed by atoms with E-state index in [0.717, 1.165) is 47.9 Å². The van der Waals surface area contributed by atoms with Crippen molar-refractivity contribution in [3.63, 3.8) is 0 Å². The lowest BCUT2D eigenvalue weighted by atomic mass is 10.1. The number of hydrogen-bond donors (Lipinski definition) is 2. The van der Waals surface area contributed by atoms with Crippen LogP contribution in [0.5, 0.6) is 5.75 Å². The van der Waals surface area contributed by atoms with Crippen molar-refractivity contribution in [2.24, 2.45) is 0 Å². The largest absolute Gasteiger partial charge is 0.497 e. The summed E-state index contributed by atoms with van der Waals surface area (Å²) in [6.07, 6.45) is 1.72. The van der Waals surface area contributed by atoms with Crippen LogP contribution in [0.1, 0.15) is 16.3 Å². The minimum absolute atomic E-state index is 0.241. The third-order valence-corrected chi connectivity index (χ3v) is 4.26. The van der Waals surface area contributed by atoms with Gasteiger partial charge in [0, 0.05) is 30.0 Å². The molecule has 2 aromatic rings. The molecule has 0 fully saturated rings. The molecule has 0 aliphatic heterocycles. The zero-order valence-electron chi connectivity index (χ0n) is 12.6. The number of thiazole rings is 1. The van der Waals surface area contributed by atoms with Crippen molar-refractivity contribution in [3.8, 4) is 17.0 Å². The normalized spacial score (nSPS) is 10.8. The molecule has 0 amide bonds. The summed E-state index contributed by atoms with van der Waals surface area (Å²) in [5, 5.41) is 13.2. The third kappa shape index (κ3) is 4.52. The first-order chi connectivity index (χ1) is 10.2. The molecule has 1 heterocycles. The van der Waals surface area contributed by atoms with Crippen LogP contribution in [0.4, 0.5) is 0 Å². The molecule has 0 aliphatic carbocycles. The van der Waals surface area contributed by atoms with E-state index in [4.69, 9.17) is 14.8 Å². The molecular weight excluding hydrogens is 284 g/mol. The van der Waals surface area contributed by atoms with Crippen LogP contribution in [-0.4, -0.2) is 36.9 Å². The molecular formula is C16H22N2O2S. The Morgan fingerprint density at radius 1 is 1.24 bits per heavy atom. The van der Waals surface area contributed by atoms with Crippen LogP contribution in [0.15, 0.2) is 24.3 Å². The van der Waals surface area contributed by atoms with Gasteiger partial charge in [0.05, 0.1) is 17.8 Å². The molecule has 2 N–H and O–H groups in total. The lowest BCUT2D eigenvalue weighted by molar-refractivity contribution is 0.286. The Morgan fingerprint density at radius 2 is 2.00 bits per heavy atom. The van der Waals surface area contributed by atoms with Crippen molar-refractivity contribution in [3.05, 3.63) is 34.2 Å². The van der Waals surface area contributed by atoms with Crippen LogP contribution in [0.2, 0.25) is 0 Å². The molecule has 0 spiro atoms. The fourth-order valence-corrected chi connectivity index (χ4v) is 3.05. The highest BCUT2D eigenvalue weighted by Gasteiger charge is 2.09. The van der Waals surface area contributed by atoms with Crippen molar-refractivity contribution < 1.29 is 9.84 Å². The molecule has 0 atom stereocenters. The molecule has 2 rings (SSSR count). The van der Waals surface area contributed by atoms with E-state index in [1.165, 1.54) is 4.88 Å². The van der Waals surface area contributed by atoms with Gasteiger partial charge in [-0.15, -0.1) is 11.3 Å². The zero-order valence-corrected chi connectivity index (χ0v) is 13.4. The number of ether oxygens (including phenoxy) is 1. The number of aromatic nitrogens is 1. The summed E-state index contributed by atoms with van der Waals surface area (Å²) in [5.41, 5.74) is 2.19. The molecule has 0 aliphatic rings. The fraction of sp³-hybridized carbons (Fsp3) is 0.438. The number of aliphatic hydroxyl groups excluding tert-OH is 1.